The van der Waals surface area contributed by atoms with Gasteiger partial charge in [-0.3, -0.25) is 0 Å². The van der Waals surface area contributed by atoms with Gasteiger partial charge in [0.2, 0.25) is 10.0 Å². The summed E-state index contributed by atoms with van der Waals surface area (Å²) in [5.74, 6) is 0. The fourth-order valence-electron chi connectivity index (χ4n) is 1.99. The molecule has 1 heterocycles. The van der Waals surface area contributed by atoms with Crippen LogP contribution in [0.15, 0.2) is 12.2 Å². The van der Waals surface area contributed by atoms with Crippen LogP contribution in [0.2, 0.25) is 0 Å². The molecule has 0 unspecified atom stereocenters. The van der Waals surface area contributed by atoms with Gasteiger partial charge in [-0.1, -0.05) is 19.1 Å². The van der Waals surface area contributed by atoms with E-state index in [9.17, 15) is 8.42 Å². The molecule has 0 radical (unpaired) electrons. The highest BCUT2D eigenvalue weighted by atomic mass is 32.2. The molecule has 1 aliphatic rings. The number of hydrogen-bond acceptors (Lipinski definition) is 3. The first-order chi connectivity index (χ1) is 7.48. The van der Waals surface area contributed by atoms with E-state index in [1.165, 1.54) is 0 Å². The molecule has 0 atom stereocenters. The normalized spacial score (nSPS) is 18.9. The highest BCUT2D eigenvalue weighted by Crippen LogP contribution is 2.18. The minimum atomic E-state index is -3.14. The number of rotatable bonds is 5. The van der Waals surface area contributed by atoms with Gasteiger partial charge >= 0.3 is 0 Å². The maximum absolute atomic E-state index is 12.3. The van der Waals surface area contributed by atoms with E-state index in [0.29, 0.717) is 13.1 Å². The fraction of sp³-hybridized carbons (Fsp3) is 0.818. The summed E-state index contributed by atoms with van der Waals surface area (Å²) < 4.78 is 26.2. The first-order valence-corrected chi connectivity index (χ1v) is 7.33. The molecule has 1 rings (SSSR count). The van der Waals surface area contributed by atoms with E-state index in [1.54, 1.807) is 4.31 Å². The summed E-state index contributed by atoms with van der Waals surface area (Å²) in [4.78, 5) is 0. The zero-order chi connectivity index (χ0) is 12.2. The van der Waals surface area contributed by atoms with Crippen LogP contribution in [0.5, 0.6) is 0 Å². The topological polar surface area (TPSA) is 49.4 Å². The second kappa shape index (κ2) is 5.80. The minimum absolute atomic E-state index is 0.215. The molecular formula is C11H22N2O2S. The fourth-order valence-corrected chi connectivity index (χ4v) is 4.00. The molecule has 5 heteroatoms. The van der Waals surface area contributed by atoms with E-state index in [2.05, 4.69) is 11.9 Å². The quantitative estimate of drug-likeness (QED) is 0.735. The molecule has 0 saturated carbocycles. The number of sulfonamides is 1. The zero-order valence-electron chi connectivity index (χ0n) is 10.2. The molecule has 0 spiro atoms. The van der Waals surface area contributed by atoms with E-state index in [0.717, 1.165) is 31.5 Å². The van der Waals surface area contributed by atoms with Crippen molar-refractivity contribution < 1.29 is 8.42 Å². The van der Waals surface area contributed by atoms with Gasteiger partial charge in [-0.05, 0) is 32.9 Å². The van der Waals surface area contributed by atoms with Crippen molar-refractivity contribution in [2.45, 2.75) is 31.9 Å². The Morgan fingerprint density at radius 2 is 2.00 bits per heavy atom. The van der Waals surface area contributed by atoms with Crippen molar-refractivity contribution in [2.24, 2.45) is 0 Å². The second-order valence-electron chi connectivity index (χ2n) is 4.38. The van der Waals surface area contributed by atoms with Gasteiger partial charge in [-0.25, -0.2) is 8.42 Å². The van der Waals surface area contributed by atoms with Gasteiger partial charge in [0.15, 0.2) is 0 Å². The van der Waals surface area contributed by atoms with Crippen molar-refractivity contribution in [2.75, 3.05) is 26.2 Å². The third-order valence-corrected chi connectivity index (χ3v) is 5.29. The molecule has 1 fully saturated rings. The summed E-state index contributed by atoms with van der Waals surface area (Å²) in [6.45, 7) is 10.1. The molecule has 0 aromatic rings. The Labute approximate surface area is 98.8 Å². The maximum Gasteiger partial charge on any atom is 0.217 e. The number of likely N-dealkylation sites (N-methyl/N-ethyl adjacent to an activating group) is 1. The number of nitrogens with zero attached hydrogens (tertiary/aromatic N) is 1. The lowest BCUT2D eigenvalue weighted by Crippen LogP contribution is -2.44. The lowest BCUT2D eigenvalue weighted by Gasteiger charge is -2.29. The largest absolute Gasteiger partial charge is 0.317 e. The Morgan fingerprint density at radius 1 is 1.44 bits per heavy atom. The average Bonchev–Trinajstić information content (AvgIpc) is 2.26. The molecule has 0 aliphatic carbocycles. The average molecular weight is 246 g/mol. The molecule has 1 aliphatic heterocycles. The van der Waals surface area contributed by atoms with Crippen LogP contribution in [0, 0.1) is 0 Å². The lowest BCUT2D eigenvalue weighted by molar-refractivity contribution is 0.419. The molecule has 0 amide bonds. The second-order valence-corrected chi connectivity index (χ2v) is 6.59. The van der Waals surface area contributed by atoms with Crippen LogP contribution < -0.4 is 5.32 Å². The van der Waals surface area contributed by atoms with Gasteiger partial charge in [-0.15, -0.1) is 0 Å². The van der Waals surface area contributed by atoms with Gasteiger partial charge in [0.1, 0.15) is 0 Å². The van der Waals surface area contributed by atoms with Crippen LogP contribution in [-0.2, 0) is 10.0 Å². The summed E-state index contributed by atoms with van der Waals surface area (Å²) in [5, 5.41) is 2.97. The van der Waals surface area contributed by atoms with E-state index in [4.69, 9.17) is 0 Å². The predicted molar refractivity (Wildman–Crippen MR) is 66.9 cm³/mol. The van der Waals surface area contributed by atoms with Crippen molar-refractivity contribution in [1.29, 1.82) is 0 Å². The minimum Gasteiger partial charge on any atom is -0.317 e. The number of hydrogen-bond donors (Lipinski definition) is 1. The zero-order valence-corrected chi connectivity index (χ0v) is 11.0. The highest BCUT2D eigenvalue weighted by Gasteiger charge is 2.31. The highest BCUT2D eigenvalue weighted by molar-refractivity contribution is 7.89. The molecule has 1 saturated heterocycles. The summed E-state index contributed by atoms with van der Waals surface area (Å²) in [7, 11) is -3.14. The Bertz CT molecular complexity index is 332. The van der Waals surface area contributed by atoms with Gasteiger partial charge < -0.3 is 5.32 Å². The molecule has 16 heavy (non-hydrogen) atoms. The Morgan fingerprint density at radius 3 is 2.44 bits per heavy atom. The third kappa shape index (κ3) is 3.30. The van der Waals surface area contributed by atoms with Crippen molar-refractivity contribution in [3.8, 4) is 0 Å². The van der Waals surface area contributed by atoms with E-state index < -0.39 is 10.0 Å². The summed E-state index contributed by atoms with van der Waals surface area (Å²) >= 11 is 0. The molecule has 0 aromatic carbocycles. The van der Waals surface area contributed by atoms with Crippen LogP contribution in [-0.4, -0.2) is 44.2 Å². The summed E-state index contributed by atoms with van der Waals surface area (Å²) in [5.41, 5.74) is 0.888. The van der Waals surface area contributed by atoms with Gasteiger partial charge in [0.25, 0.3) is 0 Å². The van der Waals surface area contributed by atoms with E-state index in [1.807, 2.05) is 13.8 Å². The van der Waals surface area contributed by atoms with E-state index >= 15 is 0 Å². The third-order valence-electron chi connectivity index (χ3n) is 2.87. The number of piperidine rings is 1. The Hall–Kier alpha value is -0.390. The van der Waals surface area contributed by atoms with Gasteiger partial charge in [0.05, 0.1) is 5.25 Å². The molecular weight excluding hydrogens is 224 g/mol. The molecule has 0 bridgehead atoms. The van der Waals surface area contributed by atoms with Gasteiger partial charge in [0, 0.05) is 13.1 Å². The van der Waals surface area contributed by atoms with Gasteiger partial charge in [-0.2, -0.15) is 4.31 Å². The predicted octanol–water partition coefficient (Wildman–Crippen LogP) is 0.966. The van der Waals surface area contributed by atoms with E-state index in [-0.39, 0.29) is 5.25 Å². The first-order valence-electron chi connectivity index (χ1n) is 5.82. The molecule has 1 N–H and O–H groups in total. The van der Waals surface area contributed by atoms with Crippen LogP contribution in [0.3, 0.4) is 0 Å². The standard InChI is InChI=1S/C11H22N2O2S/c1-4-13(9-10(2)3)16(14,15)11-5-7-12-8-6-11/h11-12H,2,4-9H2,1,3H3. The maximum atomic E-state index is 12.3. The van der Waals surface area contributed by atoms with Crippen LogP contribution >= 0.6 is 0 Å². The van der Waals surface area contributed by atoms with Crippen molar-refractivity contribution >= 4 is 10.0 Å². The lowest BCUT2D eigenvalue weighted by atomic mass is 10.2. The number of nitrogens with one attached hydrogen (secondary N) is 1. The Kier molecular flexibility index (Phi) is 4.95. The molecule has 94 valence electrons. The molecule has 0 aromatic heterocycles. The smallest absolute Gasteiger partial charge is 0.217 e. The van der Waals surface area contributed by atoms with Crippen LogP contribution in [0.1, 0.15) is 26.7 Å². The SMILES string of the molecule is C=C(C)CN(CC)S(=O)(=O)C1CCNCC1. The summed E-state index contributed by atoms with van der Waals surface area (Å²) in [6, 6.07) is 0. The van der Waals surface area contributed by atoms with Crippen molar-refractivity contribution in [3.05, 3.63) is 12.2 Å². The molecule has 4 nitrogen and oxygen atoms in total. The van der Waals surface area contributed by atoms with Crippen LogP contribution in [0.25, 0.3) is 0 Å². The first kappa shape index (κ1) is 13.7. The monoisotopic (exact) mass is 246 g/mol. The van der Waals surface area contributed by atoms with Crippen LogP contribution in [0.4, 0.5) is 0 Å². The van der Waals surface area contributed by atoms with Crippen molar-refractivity contribution in [3.63, 3.8) is 0 Å². The summed E-state index contributed by atoms with van der Waals surface area (Å²) in [6.07, 6.45) is 1.43. The Balaban J connectivity index is 2.76. The van der Waals surface area contributed by atoms with Crippen molar-refractivity contribution in [1.82, 2.24) is 9.62 Å².